The van der Waals surface area contributed by atoms with Crippen LogP contribution in [-0.2, 0) is 4.79 Å². The van der Waals surface area contributed by atoms with Crippen molar-refractivity contribution in [1.82, 2.24) is 4.98 Å². The van der Waals surface area contributed by atoms with E-state index in [0.29, 0.717) is 34.8 Å². The number of rotatable bonds is 8. The molecule has 0 aliphatic rings. The van der Waals surface area contributed by atoms with Crippen molar-refractivity contribution in [3.63, 3.8) is 0 Å². The molecule has 0 fully saturated rings. The lowest BCUT2D eigenvalue weighted by molar-refractivity contribution is -0.131. The average molecular weight is 430 g/mol. The third-order valence-corrected chi connectivity index (χ3v) is 4.75. The van der Waals surface area contributed by atoms with E-state index in [-0.39, 0.29) is 21.8 Å². The van der Waals surface area contributed by atoms with E-state index in [9.17, 15) is 9.90 Å². The van der Waals surface area contributed by atoms with E-state index in [1.54, 1.807) is 24.3 Å². The Morgan fingerprint density at radius 2 is 2.17 bits per heavy atom. The fraction of sp³-hybridized carbons (Fsp3) is 0.143. The second-order valence-corrected chi connectivity index (χ2v) is 7.02. The fourth-order valence-electron chi connectivity index (χ4n) is 2.46. The van der Waals surface area contributed by atoms with Crippen molar-refractivity contribution in [2.45, 2.75) is 12.1 Å². The summed E-state index contributed by atoms with van der Waals surface area (Å²) in [5.74, 6) is 1.93. The number of carboxylic acid groups (broad SMARTS) is 1. The van der Waals surface area contributed by atoms with Crippen LogP contribution in [0.2, 0.25) is 5.02 Å². The molecule has 3 aromatic rings. The zero-order valence-corrected chi connectivity index (χ0v) is 16.9. The number of aromatic nitrogens is 1. The number of ether oxygens (including phenoxy) is 2. The van der Waals surface area contributed by atoms with Crippen molar-refractivity contribution >= 4 is 46.5 Å². The molecule has 0 spiro atoms. The SMILES string of the molecule is C#CCOc1c(Cl)cc(/C=C(\Sc2nc3ccccc3o2)C(=O)O)cc1OCC. The smallest absolute Gasteiger partial charge is 0.342 e. The number of carbonyl (C=O) groups is 1. The van der Waals surface area contributed by atoms with Crippen molar-refractivity contribution in [2.24, 2.45) is 0 Å². The zero-order chi connectivity index (χ0) is 20.8. The summed E-state index contributed by atoms with van der Waals surface area (Å²) in [6.07, 6.45) is 6.69. The molecule has 0 unspecified atom stereocenters. The van der Waals surface area contributed by atoms with Gasteiger partial charge in [-0.2, -0.15) is 0 Å². The van der Waals surface area contributed by atoms with Crippen LogP contribution < -0.4 is 9.47 Å². The normalized spacial score (nSPS) is 11.3. The third kappa shape index (κ3) is 5.05. The Labute approximate surface area is 176 Å². The summed E-state index contributed by atoms with van der Waals surface area (Å²) in [4.78, 5) is 16.1. The molecule has 0 aliphatic carbocycles. The lowest BCUT2D eigenvalue weighted by atomic mass is 10.2. The summed E-state index contributed by atoms with van der Waals surface area (Å²) in [7, 11) is 0. The van der Waals surface area contributed by atoms with Gasteiger partial charge in [0.05, 0.1) is 11.6 Å². The van der Waals surface area contributed by atoms with Crippen LogP contribution in [0.5, 0.6) is 11.5 Å². The average Bonchev–Trinajstić information content (AvgIpc) is 3.09. The van der Waals surface area contributed by atoms with Gasteiger partial charge in [-0.15, -0.1) is 6.42 Å². The molecule has 0 saturated heterocycles. The largest absolute Gasteiger partial charge is 0.490 e. The molecular weight excluding hydrogens is 414 g/mol. The standard InChI is InChI=1S/C21H16ClNO5S/c1-3-9-27-19-14(22)10-13(11-17(19)26-4-2)12-18(20(24)25)29-21-23-15-7-5-6-8-16(15)28-21/h1,5-8,10-12H,4,9H2,2H3,(H,24,25)/b18-12-. The van der Waals surface area contributed by atoms with Crippen LogP contribution in [-0.4, -0.2) is 29.3 Å². The number of aliphatic carboxylic acids is 1. The topological polar surface area (TPSA) is 81.8 Å². The number of benzene rings is 2. The van der Waals surface area contributed by atoms with E-state index in [2.05, 4.69) is 10.9 Å². The van der Waals surface area contributed by atoms with Gasteiger partial charge in [0.1, 0.15) is 17.0 Å². The van der Waals surface area contributed by atoms with Crippen LogP contribution in [0.3, 0.4) is 0 Å². The molecule has 148 valence electrons. The van der Waals surface area contributed by atoms with E-state index >= 15 is 0 Å². The maximum Gasteiger partial charge on any atom is 0.342 e. The summed E-state index contributed by atoms with van der Waals surface area (Å²) in [6.45, 7) is 2.22. The number of para-hydroxylation sites is 2. The number of nitrogens with zero attached hydrogens (tertiary/aromatic N) is 1. The van der Waals surface area contributed by atoms with Gasteiger partial charge in [0.25, 0.3) is 5.22 Å². The highest BCUT2D eigenvalue weighted by molar-refractivity contribution is 8.03. The quantitative estimate of drug-likeness (QED) is 0.302. The first-order valence-electron chi connectivity index (χ1n) is 8.52. The molecule has 3 rings (SSSR count). The number of oxazole rings is 1. The van der Waals surface area contributed by atoms with Gasteiger partial charge in [-0.1, -0.05) is 29.7 Å². The molecular formula is C21H16ClNO5S. The van der Waals surface area contributed by atoms with E-state index in [1.807, 2.05) is 19.1 Å². The molecule has 2 aromatic carbocycles. The molecule has 1 aromatic heterocycles. The van der Waals surface area contributed by atoms with Crippen molar-refractivity contribution in [3.05, 3.63) is 51.9 Å². The minimum Gasteiger partial charge on any atom is -0.490 e. The first-order valence-corrected chi connectivity index (χ1v) is 9.72. The number of carboxylic acids is 1. The van der Waals surface area contributed by atoms with Gasteiger partial charge >= 0.3 is 5.97 Å². The monoisotopic (exact) mass is 429 g/mol. The predicted octanol–water partition coefficient (Wildman–Crippen LogP) is 5.11. The van der Waals surface area contributed by atoms with Gasteiger partial charge in [-0.25, -0.2) is 9.78 Å². The Bertz CT molecular complexity index is 1080. The van der Waals surface area contributed by atoms with Crippen molar-refractivity contribution in [1.29, 1.82) is 0 Å². The van der Waals surface area contributed by atoms with Crippen LogP contribution >= 0.6 is 23.4 Å². The second kappa shape index (κ2) is 9.41. The molecule has 29 heavy (non-hydrogen) atoms. The highest BCUT2D eigenvalue weighted by Crippen LogP contribution is 2.38. The molecule has 0 atom stereocenters. The minimum atomic E-state index is -1.13. The summed E-state index contributed by atoms with van der Waals surface area (Å²) in [5.41, 5.74) is 1.75. The van der Waals surface area contributed by atoms with Crippen molar-refractivity contribution in [2.75, 3.05) is 13.2 Å². The molecule has 0 aliphatic heterocycles. The van der Waals surface area contributed by atoms with Crippen LogP contribution in [0.4, 0.5) is 0 Å². The highest BCUT2D eigenvalue weighted by Gasteiger charge is 2.17. The van der Waals surface area contributed by atoms with E-state index in [0.717, 1.165) is 11.8 Å². The first-order chi connectivity index (χ1) is 14.0. The second-order valence-electron chi connectivity index (χ2n) is 5.62. The van der Waals surface area contributed by atoms with Crippen LogP contribution in [0.15, 0.2) is 50.9 Å². The Morgan fingerprint density at radius 1 is 1.38 bits per heavy atom. The molecule has 0 saturated carbocycles. The number of hydrogen-bond donors (Lipinski definition) is 1. The first kappa shape index (κ1) is 20.6. The number of hydrogen-bond acceptors (Lipinski definition) is 6. The molecule has 6 nitrogen and oxygen atoms in total. The van der Waals surface area contributed by atoms with Crippen LogP contribution in [0.25, 0.3) is 17.2 Å². The number of terminal acetylenes is 1. The van der Waals surface area contributed by atoms with Gasteiger partial charge in [0.2, 0.25) is 0 Å². The van der Waals surface area contributed by atoms with E-state index in [4.69, 9.17) is 31.9 Å². The molecule has 0 amide bonds. The summed E-state index contributed by atoms with van der Waals surface area (Å²) in [6, 6.07) is 10.4. The third-order valence-electron chi connectivity index (χ3n) is 3.61. The number of thioether (sulfide) groups is 1. The zero-order valence-electron chi connectivity index (χ0n) is 15.3. The van der Waals surface area contributed by atoms with Gasteiger partial charge < -0.3 is 19.0 Å². The number of fused-ring (bicyclic) bond motifs is 1. The maximum absolute atomic E-state index is 11.8. The van der Waals surface area contributed by atoms with Gasteiger partial charge in [-0.05, 0) is 54.6 Å². The molecule has 1 N–H and O–H groups in total. The predicted molar refractivity (Wildman–Crippen MR) is 112 cm³/mol. The number of halogens is 1. The van der Waals surface area contributed by atoms with E-state index < -0.39 is 5.97 Å². The van der Waals surface area contributed by atoms with Crippen molar-refractivity contribution < 1.29 is 23.8 Å². The van der Waals surface area contributed by atoms with Crippen molar-refractivity contribution in [3.8, 4) is 23.8 Å². The lowest BCUT2D eigenvalue weighted by Gasteiger charge is -2.13. The minimum absolute atomic E-state index is 0.00682. The van der Waals surface area contributed by atoms with Gasteiger partial charge in [0, 0.05) is 0 Å². The van der Waals surface area contributed by atoms with E-state index in [1.165, 1.54) is 6.08 Å². The van der Waals surface area contributed by atoms with Crippen LogP contribution in [0, 0.1) is 12.3 Å². The Kier molecular flexibility index (Phi) is 6.70. The van der Waals surface area contributed by atoms with Gasteiger partial charge in [-0.3, -0.25) is 0 Å². The molecule has 0 radical (unpaired) electrons. The highest BCUT2D eigenvalue weighted by atomic mass is 35.5. The Morgan fingerprint density at radius 3 is 2.86 bits per heavy atom. The Hall–Kier alpha value is -3.08. The van der Waals surface area contributed by atoms with Crippen LogP contribution in [0.1, 0.15) is 12.5 Å². The fourth-order valence-corrected chi connectivity index (χ4v) is 3.48. The maximum atomic E-state index is 11.8. The molecule has 8 heteroatoms. The Balaban J connectivity index is 1.95. The lowest BCUT2D eigenvalue weighted by Crippen LogP contribution is -2.01. The molecule has 0 bridgehead atoms. The van der Waals surface area contributed by atoms with Gasteiger partial charge in [0.15, 0.2) is 17.1 Å². The summed E-state index contributed by atoms with van der Waals surface area (Å²) in [5, 5.41) is 10.1. The summed E-state index contributed by atoms with van der Waals surface area (Å²) < 4.78 is 16.6. The summed E-state index contributed by atoms with van der Waals surface area (Å²) >= 11 is 7.20. The molecule has 1 heterocycles.